The lowest BCUT2D eigenvalue weighted by molar-refractivity contribution is 0.245. The number of anilines is 1. The van der Waals surface area contributed by atoms with E-state index >= 15 is 0 Å². The average Bonchev–Trinajstić information content (AvgIpc) is 2.31. The molecule has 0 aliphatic carbocycles. The summed E-state index contributed by atoms with van der Waals surface area (Å²) in [6, 6.07) is 5.77. The first kappa shape index (κ1) is 15.3. The van der Waals surface area contributed by atoms with E-state index in [9.17, 15) is 13.2 Å². The summed E-state index contributed by atoms with van der Waals surface area (Å²) >= 11 is 0. The van der Waals surface area contributed by atoms with Crippen molar-refractivity contribution in [1.29, 1.82) is 0 Å². The van der Waals surface area contributed by atoms with E-state index in [-0.39, 0.29) is 5.75 Å². The van der Waals surface area contributed by atoms with Crippen molar-refractivity contribution in [2.24, 2.45) is 0 Å². The van der Waals surface area contributed by atoms with E-state index in [0.717, 1.165) is 12.8 Å². The number of sulfonamides is 1. The number of urea groups is 1. The number of carbonyl (C=O) groups is 1. The van der Waals surface area contributed by atoms with E-state index < -0.39 is 16.1 Å². The van der Waals surface area contributed by atoms with Gasteiger partial charge < -0.3 is 11.1 Å². The number of nitrogen functional groups attached to an aromatic ring is 1. The molecule has 19 heavy (non-hydrogen) atoms. The van der Waals surface area contributed by atoms with Gasteiger partial charge in [-0.05, 0) is 24.1 Å². The maximum Gasteiger partial charge on any atom is 0.328 e. The van der Waals surface area contributed by atoms with Crippen LogP contribution in [0.15, 0.2) is 24.3 Å². The van der Waals surface area contributed by atoms with Crippen LogP contribution < -0.4 is 15.8 Å². The fourth-order valence-electron chi connectivity index (χ4n) is 1.43. The van der Waals surface area contributed by atoms with E-state index in [1.165, 1.54) is 0 Å². The molecule has 0 fully saturated rings. The summed E-state index contributed by atoms with van der Waals surface area (Å²) in [5, 5.41) is 2.49. The first-order chi connectivity index (χ1) is 8.93. The highest BCUT2D eigenvalue weighted by molar-refractivity contribution is 7.89. The predicted octanol–water partition coefficient (Wildman–Crippen LogP) is 1.20. The van der Waals surface area contributed by atoms with Crippen molar-refractivity contribution in [1.82, 2.24) is 10.0 Å². The summed E-state index contributed by atoms with van der Waals surface area (Å²) in [5.41, 5.74) is 6.64. The van der Waals surface area contributed by atoms with Gasteiger partial charge in [0.05, 0.1) is 5.75 Å². The highest BCUT2D eigenvalue weighted by Crippen LogP contribution is 2.08. The Labute approximate surface area is 113 Å². The quantitative estimate of drug-likeness (QED) is 0.540. The summed E-state index contributed by atoms with van der Waals surface area (Å²) in [5.74, 6) is -0.255. The van der Waals surface area contributed by atoms with Gasteiger partial charge >= 0.3 is 6.03 Å². The highest BCUT2D eigenvalue weighted by atomic mass is 32.2. The molecular weight excluding hydrogens is 266 g/mol. The molecular formula is C12H19N3O3S. The second-order valence-corrected chi connectivity index (χ2v) is 5.93. The van der Waals surface area contributed by atoms with E-state index in [4.69, 9.17) is 5.73 Å². The molecule has 0 aliphatic heterocycles. The van der Waals surface area contributed by atoms with Crippen LogP contribution in [0.3, 0.4) is 0 Å². The third kappa shape index (κ3) is 6.10. The third-order valence-corrected chi connectivity index (χ3v) is 3.61. The van der Waals surface area contributed by atoms with Gasteiger partial charge in [0.1, 0.15) is 0 Å². The molecule has 0 atom stereocenters. The van der Waals surface area contributed by atoms with Crippen LogP contribution in [0, 0.1) is 0 Å². The van der Waals surface area contributed by atoms with Crippen molar-refractivity contribution in [3.05, 3.63) is 29.8 Å². The van der Waals surface area contributed by atoms with E-state index in [1.807, 2.05) is 11.6 Å². The molecule has 0 spiro atoms. The van der Waals surface area contributed by atoms with Crippen molar-refractivity contribution in [3.8, 4) is 0 Å². The lowest BCUT2D eigenvalue weighted by atomic mass is 10.2. The van der Waals surface area contributed by atoms with Crippen LogP contribution in [0.4, 0.5) is 10.5 Å². The third-order valence-electron chi connectivity index (χ3n) is 2.40. The zero-order chi connectivity index (χ0) is 14.3. The number of unbranched alkanes of at least 4 members (excludes halogenated alkanes) is 1. The first-order valence-electron chi connectivity index (χ1n) is 6.05. The number of hydrogen-bond donors (Lipinski definition) is 3. The van der Waals surface area contributed by atoms with Gasteiger partial charge in [-0.25, -0.2) is 17.9 Å². The van der Waals surface area contributed by atoms with Crippen molar-refractivity contribution >= 4 is 21.7 Å². The van der Waals surface area contributed by atoms with Gasteiger partial charge in [-0.15, -0.1) is 0 Å². The Morgan fingerprint density at radius 1 is 1.26 bits per heavy atom. The molecule has 2 amide bonds. The minimum absolute atomic E-state index is 0.255. The van der Waals surface area contributed by atoms with Gasteiger partial charge in [0.15, 0.2) is 0 Å². The first-order valence-corrected chi connectivity index (χ1v) is 7.71. The second-order valence-electron chi connectivity index (χ2n) is 4.21. The van der Waals surface area contributed by atoms with Crippen LogP contribution in [0.25, 0.3) is 0 Å². The number of rotatable bonds is 6. The maximum absolute atomic E-state index is 11.7. The van der Waals surface area contributed by atoms with Crippen LogP contribution in [-0.2, 0) is 15.8 Å². The van der Waals surface area contributed by atoms with Crippen molar-refractivity contribution < 1.29 is 13.2 Å². The molecule has 0 bridgehead atoms. The maximum atomic E-state index is 11.7. The monoisotopic (exact) mass is 285 g/mol. The van der Waals surface area contributed by atoms with Crippen molar-refractivity contribution in [2.45, 2.75) is 25.5 Å². The zero-order valence-corrected chi connectivity index (χ0v) is 11.7. The zero-order valence-electron chi connectivity index (χ0n) is 10.8. The number of nitrogens with two attached hydrogens (primary N) is 1. The molecule has 1 aromatic carbocycles. The summed E-state index contributed by atoms with van der Waals surface area (Å²) < 4.78 is 25.4. The fraction of sp³-hybridized carbons (Fsp3) is 0.417. The molecule has 1 rings (SSSR count). The molecule has 106 valence electrons. The number of amides is 2. The normalized spacial score (nSPS) is 11.0. The van der Waals surface area contributed by atoms with Crippen LogP contribution in [-0.4, -0.2) is 21.0 Å². The molecule has 0 saturated carbocycles. The molecule has 0 saturated heterocycles. The highest BCUT2D eigenvalue weighted by Gasteiger charge is 2.14. The Morgan fingerprint density at radius 3 is 2.47 bits per heavy atom. The number of carbonyl (C=O) groups excluding carboxylic acids is 1. The smallest absolute Gasteiger partial charge is 0.328 e. The van der Waals surface area contributed by atoms with E-state index in [1.54, 1.807) is 24.3 Å². The lowest BCUT2D eigenvalue weighted by Crippen LogP contribution is -2.40. The summed E-state index contributed by atoms with van der Waals surface area (Å²) in [6.45, 7) is 2.44. The molecule has 4 N–H and O–H groups in total. The van der Waals surface area contributed by atoms with E-state index in [0.29, 0.717) is 17.8 Å². The number of hydrogen-bond acceptors (Lipinski definition) is 4. The van der Waals surface area contributed by atoms with E-state index in [2.05, 4.69) is 5.32 Å². The average molecular weight is 285 g/mol. The van der Waals surface area contributed by atoms with Crippen LogP contribution >= 0.6 is 0 Å². The van der Waals surface area contributed by atoms with Gasteiger partial charge in [-0.1, -0.05) is 25.5 Å². The summed E-state index contributed by atoms with van der Waals surface area (Å²) in [7, 11) is -3.69. The number of nitrogens with one attached hydrogen (secondary N) is 2. The fourth-order valence-corrected chi connectivity index (χ4v) is 2.48. The van der Waals surface area contributed by atoms with Gasteiger partial charge in [0.25, 0.3) is 0 Å². The largest absolute Gasteiger partial charge is 0.399 e. The molecule has 0 radical (unpaired) electrons. The Balaban J connectivity index is 2.52. The Kier molecular flexibility index (Phi) is 5.62. The number of benzene rings is 1. The molecule has 1 aromatic rings. The van der Waals surface area contributed by atoms with Gasteiger partial charge in [-0.2, -0.15) is 0 Å². The lowest BCUT2D eigenvalue weighted by Gasteiger charge is -2.08. The molecule has 0 unspecified atom stereocenters. The van der Waals surface area contributed by atoms with Gasteiger partial charge in [0, 0.05) is 12.2 Å². The van der Waals surface area contributed by atoms with Crippen LogP contribution in [0.1, 0.15) is 25.3 Å². The Hall–Kier alpha value is -1.76. The second kappa shape index (κ2) is 6.98. The predicted molar refractivity (Wildman–Crippen MR) is 74.9 cm³/mol. The van der Waals surface area contributed by atoms with Crippen molar-refractivity contribution in [2.75, 3.05) is 12.3 Å². The SMILES string of the molecule is CCCCNC(=O)NS(=O)(=O)Cc1ccc(N)cc1. The molecule has 6 nitrogen and oxygen atoms in total. The van der Waals surface area contributed by atoms with Gasteiger partial charge in [0.2, 0.25) is 10.0 Å². The van der Waals surface area contributed by atoms with Crippen LogP contribution in [0.2, 0.25) is 0 Å². The minimum Gasteiger partial charge on any atom is -0.399 e. The minimum atomic E-state index is -3.69. The summed E-state index contributed by atoms with van der Waals surface area (Å²) in [6.07, 6.45) is 1.74. The van der Waals surface area contributed by atoms with Gasteiger partial charge in [-0.3, -0.25) is 0 Å². The standard InChI is InChI=1S/C12H19N3O3S/c1-2-3-8-14-12(16)15-19(17,18)9-10-4-6-11(13)7-5-10/h4-7H,2-3,8-9,13H2,1H3,(H2,14,15,16). The topological polar surface area (TPSA) is 101 Å². The molecule has 0 aromatic heterocycles. The molecule has 7 heteroatoms. The molecule has 0 aliphatic rings. The Bertz CT molecular complexity index is 512. The molecule has 0 heterocycles. The van der Waals surface area contributed by atoms with Crippen molar-refractivity contribution in [3.63, 3.8) is 0 Å². The Morgan fingerprint density at radius 2 is 1.89 bits per heavy atom. The summed E-state index contributed by atoms with van der Waals surface area (Å²) in [4.78, 5) is 11.4. The van der Waals surface area contributed by atoms with Crippen LogP contribution in [0.5, 0.6) is 0 Å².